The Morgan fingerprint density at radius 3 is 2.23 bits per heavy atom. The minimum absolute atomic E-state index is 0.159. The van der Waals surface area contributed by atoms with Gasteiger partial charge in [0.05, 0.1) is 0 Å². The van der Waals surface area contributed by atoms with Gasteiger partial charge in [-0.3, -0.25) is 0 Å². The van der Waals surface area contributed by atoms with Crippen LogP contribution in [0.15, 0.2) is 0 Å². The quantitative estimate of drug-likeness (QED) is 0.438. The van der Waals surface area contributed by atoms with Crippen molar-refractivity contribution in [1.29, 1.82) is 0 Å². The summed E-state index contributed by atoms with van der Waals surface area (Å²) in [6, 6.07) is 0. The monoisotopic (exact) mass is 328 g/mol. The summed E-state index contributed by atoms with van der Waals surface area (Å²) in [5.74, 6) is 1.47. The molecule has 1 aliphatic carbocycles. The molecule has 0 aromatic rings. The summed E-state index contributed by atoms with van der Waals surface area (Å²) in [5.41, 5.74) is 0.670. The lowest BCUT2D eigenvalue weighted by Crippen LogP contribution is -2.57. The van der Waals surface area contributed by atoms with Crippen LogP contribution in [0.3, 0.4) is 0 Å². The summed E-state index contributed by atoms with van der Waals surface area (Å²) in [6.45, 7) is 11.8. The summed E-state index contributed by atoms with van der Waals surface area (Å²) in [5, 5.41) is 0.159. The molecule has 1 aliphatic rings. The lowest BCUT2D eigenvalue weighted by molar-refractivity contribution is 0.163. The van der Waals surface area contributed by atoms with E-state index in [-0.39, 0.29) is 5.04 Å². The van der Waals surface area contributed by atoms with Crippen LogP contribution in [0.5, 0.6) is 0 Å². The highest BCUT2D eigenvalue weighted by Crippen LogP contribution is 2.58. The van der Waals surface area contributed by atoms with Crippen LogP contribution in [0, 0.1) is 11.8 Å². The van der Waals surface area contributed by atoms with E-state index in [0.717, 1.165) is 5.92 Å². The van der Waals surface area contributed by atoms with Crippen molar-refractivity contribution >= 4 is 8.56 Å². The Morgan fingerprint density at radius 2 is 1.73 bits per heavy atom. The minimum Gasteiger partial charge on any atom is -0.397 e. The predicted molar refractivity (Wildman–Crippen MR) is 98.5 cm³/mol. The van der Waals surface area contributed by atoms with Crippen LogP contribution in [0.2, 0.25) is 10.6 Å². The van der Waals surface area contributed by atoms with Crippen LogP contribution >= 0.6 is 0 Å². The van der Waals surface area contributed by atoms with Crippen molar-refractivity contribution < 1.29 is 8.85 Å². The Balaban J connectivity index is 3.07. The zero-order valence-electron chi connectivity index (χ0n) is 16.2. The van der Waals surface area contributed by atoms with Crippen molar-refractivity contribution in [2.75, 3.05) is 14.2 Å². The Morgan fingerprint density at radius 1 is 1.09 bits per heavy atom. The molecular formula is C19H40O2Si. The van der Waals surface area contributed by atoms with Crippen molar-refractivity contribution in [3.63, 3.8) is 0 Å². The number of hydrogen-bond acceptors (Lipinski definition) is 2. The highest BCUT2D eigenvalue weighted by atomic mass is 28.4. The molecule has 0 spiro atoms. The number of hydrogen-bond donors (Lipinski definition) is 0. The molecule has 22 heavy (non-hydrogen) atoms. The van der Waals surface area contributed by atoms with Crippen LogP contribution in [-0.4, -0.2) is 22.8 Å². The lowest BCUT2D eigenvalue weighted by atomic mass is 9.92. The molecule has 0 radical (unpaired) electrons. The fraction of sp³-hybridized carbons (Fsp3) is 1.00. The van der Waals surface area contributed by atoms with E-state index in [0.29, 0.717) is 11.5 Å². The molecule has 0 N–H and O–H groups in total. The van der Waals surface area contributed by atoms with E-state index >= 15 is 0 Å². The van der Waals surface area contributed by atoms with Crippen LogP contribution in [0.4, 0.5) is 0 Å². The Hall–Kier alpha value is 0.137. The molecule has 0 saturated heterocycles. The van der Waals surface area contributed by atoms with E-state index in [2.05, 4.69) is 34.6 Å². The van der Waals surface area contributed by atoms with E-state index < -0.39 is 8.56 Å². The van der Waals surface area contributed by atoms with Crippen molar-refractivity contribution in [2.45, 2.75) is 96.6 Å². The molecule has 0 aromatic carbocycles. The molecule has 3 heteroatoms. The molecular weight excluding hydrogens is 288 g/mol. The third-order valence-corrected chi connectivity index (χ3v) is 11.8. The van der Waals surface area contributed by atoms with Gasteiger partial charge in [-0.2, -0.15) is 0 Å². The van der Waals surface area contributed by atoms with Gasteiger partial charge in [0.15, 0.2) is 0 Å². The number of rotatable bonds is 10. The molecule has 0 heterocycles. The maximum absolute atomic E-state index is 6.33. The van der Waals surface area contributed by atoms with Crippen LogP contribution in [0.25, 0.3) is 0 Å². The van der Waals surface area contributed by atoms with E-state index in [1.165, 1.54) is 51.4 Å². The van der Waals surface area contributed by atoms with Crippen LogP contribution < -0.4 is 0 Å². The zero-order chi connectivity index (χ0) is 16.8. The first-order chi connectivity index (χ1) is 10.4. The van der Waals surface area contributed by atoms with Gasteiger partial charge in [-0.1, -0.05) is 79.6 Å². The molecule has 2 nitrogen and oxygen atoms in total. The lowest BCUT2D eigenvalue weighted by Gasteiger charge is -2.49. The van der Waals surface area contributed by atoms with Gasteiger partial charge in [0.25, 0.3) is 0 Å². The van der Waals surface area contributed by atoms with E-state index in [1.54, 1.807) is 0 Å². The second-order valence-corrected chi connectivity index (χ2v) is 12.1. The fourth-order valence-electron chi connectivity index (χ4n) is 4.88. The minimum atomic E-state index is -2.25. The summed E-state index contributed by atoms with van der Waals surface area (Å²) in [6.07, 6.45) is 10.6. The topological polar surface area (TPSA) is 18.5 Å². The fourth-order valence-corrected chi connectivity index (χ4v) is 10.0. The van der Waals surface area contributed by atoms with Gasteiger partial charge in [0, 0.05) is 24.8 Å². The summed E-state index contributed by atoms with van der Waals surface area (Å²) in [7, 11) is 1.59. The average molecular weight is 329 g/mol. The SMILES string of the molecule is CCCCC1CCCC1[Si](OC)(OC)C(C)(C)C(C)CCC. The highest BCUT2D eigenvalue weighted by Gasteiger charge is 2.60. The molecule has 1 fully saturated rings. The third-order valence-electron chi connectivity index (χ3n) is 6.53. The predicted octanol–water partition coefficient (Wildman–Crippen LogP) is 6.30. The molecule has 0 aliphatic heterocycles. The van der Waals surface area contributed by atoms with E-state index in [9.17, 15) is 0 Å². The van der Waals surface area contributed by atoms with Gasteiger partial charge in [0.1, 0.15) is 0 Å². The van der Waals surface area contributed by atoms with Gasteiger partial charge in [0.2, 0.25) is 0 Å². The summed E-state index contributed by atoms with van der Waals surface area (Å²) < 4.78 is 12.7. The molecule has 1 saturated carbocycles. The van der Waals surface area contributed by atoms with Gasteiger partial charge in [-0.15, -0.1) is 0 Å². The first kappa shape index (κ1) is 20.2. The first-order valence-corrected chi connectivity index (χ1v) is 11.4. The molecule has 0 bridgehead atoms. The normalized spacial score (nSPS) is 24.7. The van der Waals surface area contributed by atoms with Gasteiger partial charge >= 0.3 is 8.56 Å². The maximum atomic E-state index is 6.33. The van der Waals surface area contributed by atoms with Crippen molar-refractivity contribution in [3.05, 3.63) is 0 Å². The maximum Gasteiger partial charge on any atom is 0.347 e. The smallest absolute Gasteiger partial charge is 0.347 e. The molecule has 0 aromatic heterocycles. The van der Waals surface area contributed by atoms with Gasteiger partial charge in [-0.25, -0.2) is 0 Å². The van der Waals surface area contributed by atoms with Crippen LogP contribution in [-0.2, 0) is 8.85 Å². The van der Waals surface area contributed by atoms with Gasteiger partial charge in [-0.05, 0) is 18.3 Å². The largest absolute Gasteiger partial charge is 0.397 e. The van der Waals surface area contributed by atoms with E-state index in [1.807, 2.05) is 14.2 Å². The highest BCUT2D eigenvalue weighted by molar-refractivity contribution is 6.72. The Kier molecular flexibility index (Phi) is 8.11. The summed E-state index contributed by atoms with van der Waals surface area (Å²) in [4.78, 5) is 0. The third kappa shape index (κ3) is 3.79. The first-order valence-electron chi connectivity index (χ1n) is 9.51. The molecule has 1 rings (SSSR count). The second-order valence-electron chi connectivity index (χ2n) is 7.93. The van der Waals surface area contributed by atoms with Gasteiger partial charge < -0.3 is 8.85 Å². The van der Waals surface area contributed by atoms with Crippen molar-refractivity contribution in [3.8, 4) is 0 Å². The standard InChI is InChI=1S/C19H40O2Si/c1-8-10-13-17-14-11-15-18(17)22(20-6,21-7)19(4,5)16(3)12-9-2/h16-18H,8-15H2,1-7H3. The Labute approximate surface area is 140 Å². The Bertz CT molecular complexity index is 313. The molecule has 0 amide bonds. The van der Waals surface area contributed by atoms with Crippen LogP contribution in [0.1, 0.15) is 86.0 Å². The number of unbranched alkanes of at least 4 members (excludes halogenated alkanes) is 1. The molecule has 132 valence electrons. The van der Waals surface area contributed by atoms with Crippen molar-refractivity contribution in [2.24, 2.45) is 11.8 Å². The van der Waals surface area contributed by atoms with E-state index in [4.69, 9.17) is 8.85 Å². The van der Waals surface area contributed by atoms with Crippen molar-refractivity contribution in [1.82, 2.24) is 0 Å². The average Bonchev–Trinajstić information content (AvgIpc) is 2.96. The summed E-state index contributed by atoms with van der Waals surface area (Å²) >= 11 is 0. The molecule has 3 atom stereocenters. The zero-order valence-corrected chi connectivity index (χ0v) is 17.2. The second kappa shape index (κ2) is 8.84. The molecule has 3 unspecified atom stereocenters.